The molecule has 0 aliphatic rings. The molecule has 0 aliphatic carbocycles. The molecule has 0 spiro atoms. The van der Waals surface area contributed by atoms with Crippen molar-refractivity contribution in [2.75, 3.05) is 0 Å². The third-order valence-corrected chi connectivity index (χ3v) is 2.84. The van der Waals surface area contributed by atoms with E-state index in [1.807, 2.05) is 48.8 Å². The van der Waals surface area contributed by atoms with E-state index < -0.39 is 0 Å². The molecule has 0 amide bonds. The number of allylic oxidation sites excluding steroid dienone is 1. The second kappa shape index (κ2) is 3.94. The molecule has 0 N–H and O–H groups in total. The average Bonchev–Trinajstić information content (AvgIpc) is 3.01. The minimum Gasteiger partial charge on any atom is -0.467 e. The Hall–Kier alpha value is -2.29. The zero-order chi connectivity index (χ0) is 11.7. The van der Waals surface area contributed by atoms with Crippen LogP contribution in [-0.4, -0.2) is 9.55 Å². The van der Waals surface area contributed by atoms with Crippen molar-refractivity contribution in [1.29, 1.82) is 0 Å². The maximum Gasteiger partial charge on any atom is 0.130 e. The summed E-state index contributed by atoms with van der Waals surface area (Å²) in [5.74, 6) is 0.864. The number of aromatic nitrogens is 2. The number of imidazole rings is 1. The van der Waals surface area contributed by atoms with E-state index in [-0.39, 0.29) is 6.04 Å². The largest absolute Gasteiger partial charge is 0.467 e. The van der Waals surface area contributed by atoms with Crippen molar-refractivity contribution in [3.05, 3.63) is 67.4 Å². The van der Waals surface area contributed by atoms with Gasteiger partial charge in [-0.25, -0.2) is 4.98 Å². The van der Waals surface area contributed by atoms with Gasteiger partial charge in [-0.15, -0.1) is 6.58 Å². The van der Waals surface area contributed by atoms with Crippen molar-refractivity contribution < 1.29 is 4.42 Å². The summed E-state index contributed by atoms with van der Waals surface area (Å²) in [5, 5.41) is 0. The molecular formula is C14H12N2O. The van der Waals surface area contributed by atoms with Crippen molar-refractivity contribution in [2.45, 2.75) is 6.04 Å². The first-order valence-corrected chi connectivity index (χ1v) is 5.47. The molecule has 3 nitrogen and oxygen atoms in total. The first kappa shape index (κ1) is 9.90. The second-order valence-corrected chi connectivity index (χ2v) is 3.84. The maximum atomic E-state index is 5.44. The third kappa shape index (κ3) is 1.56. The van der Waals surface area contributed by atoms with Crippen molar-refractivity contribution >= 4 is 11.0 Å². The third-order valence-electron chi connectivity index (χ3n) is 2.84. The van der Waals surface area contributed by atoms with Crippen molar-refractivity contribution in [3.63, 3.8) is 0 Å². The van der Waals surface area contributed by atoms with E-state index in [1.165, 1.54) is 0 Å². The van der Waals surface area contributed by atoms with Crippen molar-refractivity contribution in [2.24, 2.45) is 0 Å². The van der Waals surface area contributed by atoms with Crippen LogP contribution in [0.25, 0.3) is 11.0 Å². The van der Waals surface area contributed by atoms with Gasteiger partial charge in [0.1, 0.15) is 11.8 Å². The maximum absolute atomic E-state index is 5.44. The van der Waals surface area contributed by atoms with Gasteiger partial charge < -0.3 is 8.98 Å². The molecule has 17 heavy (non-hydrogen) atoms. The Bertz CT molecular complexity index is 637. The second-order valence-electron chi connectivity index (χ2n) is 3.84. The topological polar surface area (TPSA) is 31.0 Å². The van der Waals surface area contributed by atoms with Gasteiger partial charge in [0.2, 0.25) is 0 Å². The Morgan fingerprint density at radius 2 is 2.12 bits per heavy atom. The highest BCUT2D eigenvalue weighted by molar-refractivity contribution is 5.75. The lowest BCUT2D eigenvalue weighted by atomic mass is 10.2. The number of hydrogen-bond acceptors (Lipinski definition) is 2. The van der Waals surface area contributed by atoms with Crippen LogP contribution in [0.4, 0.5) is 0 Å². The van der Waals surface area contributed by atoms with Crippen LogP contribution >= 0.6 is 0 Å². The molecule has 3 rings (SSSR count). The normalized spacial score (nSPS) is 12.7. The smallest absolute Gasteiger partial charge is 0.130 e. The predicted molar refractivity (Wildman–Crippen MR) is 66.8 cm³/mol. The number of benzene rings is 1. The van der Waals surface area contributed by atoms with Gasteiger partial charge in [-0.3, -0.25) is 0 Å². The minimum atomic E-state index is -0.0163. The van der Waals surface area contributed by atoms with E-state index in [9.17, 15) is 0 Å². The molecular weight excluding hydrogens is 212 g/mol. The molecule has 0 radical (unpaired) electrons. The predicted octanol–water partition coefficient (Wildman–Crippen LogP) is 3.40. The summed E-state index contributed by atoms with van der Waals surface area (Å²) < 4.78 is 7.50. The van der Waals surface area contributed by atoms with E-state index in [2.05, 4.69) is 16.1 Å². The van der Waals surface area contributed by atoms with Crippen LogP contribution in [-0.2, 0) is 0 Å². The lowest BCUT2D eigenvalue weighted by Gasteiger charge is -2.12. The minimum absolute atomic E-state index is 0.0163. The Kier molecular flexibility index (Phi) is 2.29. The number of nitrogens with zero attached hydrogens (tertiary/aromatic N) is 2. The summed E-state index contributed by atoms with van der Waals surface area (Å²) in [7, 11) is 0. The van der Waals surface area contributed by atoms with E-state index in [0.717, 1.165) is 16.8 Å². The fraction of sp³-hybridized carbons (Fsp3) is 0.0714. The van der Waals surface area contributed by atoms with Gasteiger partial charge in [-0.2, -0.15) is 0 Å². The first-order chi connectivity index (χ1) is 8.40. The van der Waals surface area contributed by atoms with Gasteiger partial charge in [0, 0.05) is 0 Å². The molecule has 1 aromatic carbocycles. The molecule has 0 unspecified atom stereocenters. The number of para-hydroxylation sites is 2. The van der Waals surface area contributed by atoms with Gasteiger partial charge in [0.05, 0.1) is 23.6 Å². The van der Waals surface area contributed by atoms with Crippen LogP contribution in [0, 0.1) is 0 Å². The van der Waals surface area contributed by atoms with E-state index in [1.54, 1.807) is 6.26 Å². The zero-order valence-electron chi connectivity index (χ0n) is 9.28. The summed E-state index contributed by atoms with van der Waals surface area (Å²) in [6.45, 7) is 3.87. The molecule has 0 saturated carbocycles. The van der Waals surface area contributed by atoms with Gasteiger partial charge in [0.15, 0.2) is 0 Å². The fourth-order valence-corrected chi connectivity index (χ4v) is 2.03. The molecule has 2 heterocycles. The van der Waals surface area contributed by atoms with Crippen molar-refractivity contribution in [1.82, 2.24) is 9.55 Å². The zero-order valence-corrected chi connectivity index (χ0v) is 9.28. The monoisotopic (exact) mass is 224 g/mol. The number of hydrogen-bond donors (Lipinski definition) is 0. The van der Waals surface area contributed by atoms with E-state index in [0.29, 0.717) is 0 Å². The number of fused-ring (bicyclic) bond motifs is 1. The van der Waals surface area contributed by atoms with Crippen LogP contribution in [0.15, 0.2) is 66.1 Å². The highest BCUT2D eigenvalue weighted by Crippen LogP contribution is 2.24. The van der Waals surface area contributed by atoms with Gasteiger partial charge in [-0.05, 0) is 24.3 Å². The highest BCUT2D eigenvalue weighted by Gasteiger charge is 2.14. The Morgan fingerprint density at radius 3 is 2.88 bits per heavy atom. The molecule has 2 aromatic heterocycles. The number of furan rings is 1. The Morgan fingerprint density at radius 1 is 1.24 bits per heavy atom. The Labute approximate surface area is 99.0 Å². The molecule has 1 atom stereocenters. The van der Waals surface area contributed by atoms with Gasteiger partial charge in [0.25, 0.3) is 0 Å². The van der Waals surface area contributed by atoms with Gasteiger partial charge in [-0.1, -0.05) is 18.2 Å². The Balaban J connectivity index is 2.17. The lowest BCUT2D eigenvalue weighted by Crippen LogP contribution is -2.05. The highest BCUT2D eigenvalue weighted by atomic mass is 16.3. The van der Waals surface area contributed by atoms with Crippen molar-refractivity contribution in [3.8, 4) is 0 Å². The number of rotatable bonds is 3. The van der Waals surface area contributed by atoms with Crippen LogP contribution in [0.3, 0.4) is 0 Å². The molecule has 84 valence electrons. The van der Waals surface area contributed by atoms with Crippen LogP contribution in [0.2, 0.25) is 0 Å². The molecule has 3 aromatic rings. The van der Waals surface area contributed by atoms with E-state index >= 15 is 0 Å². The molecule has 0 saturated heterocycles. The van der Waals surface area contributed by atoms with Crippen LogP contribution < -0.4 is 0 Å². The summed E-state index contributed by atoms with van der Waals surface area (Å²) in [4.78, 5) is 4.37. The molecule has 0 aliphatic heterocycles. The van der Waals surface area contributed by atoms with Gasteiger partial charge >= 0.3 is 0 Å². The molecule has 0 bridgehead atoms. The van der Waals surface area contributed by atoms with Crippen LogP contribution in [0.1, 0.15) is 11.8 Å². The summed E-state index contributed by atoms with van der Waals surface area (Å²) >= 11 is 0. The first-order valence-electron chi connectivity index (χ1n) is 5.47. The quantitative estimate of drug-likeness (QED) is 0.638. The lowest BCUT2D eigenvalue weighted by molar-refractivity contribution is 0.470. The van der Waals surface area contributed by atoms with Crippen LogP contribution in [0.5, 0.6) is 0 Å². The fourth-order valence-electron chi connectivity index (χ4n) is 2.03. The standard InChI is InChI=1S/C14H12N2O/c1-2-12(14-8-5-9-17-14)16-10-15-11-6-3-4-7-13(11)16/h2-10,12H,1H2/t12-/m1/s1. The SMILES string of the molecule is C=C[C@H](c1ccco1)n1cnc2ccccc21. The summed E-state index contributed by atoms with van der Waals surface area (Å²) in [6.07, 6.45) is 5.34. The molecule has 0 fully saturated rings. The summed E-state index contributed by atoms with van der Waals surface area (Å²) in [5.41, 5.74) is 2.06. The average molecular weight is 224 g/mol. The molecule has 3 heteroatoms. The summed E-state index contributed by atoms with van der Waals surface area (Å²) in [6, 6.07) is 11.8. The van der Waals surface area contributed by atoms with E-state index in [4.69, 9.17) is 4.42 Å².